The summed E-state index contributed by atoms with van der Waals surface area (Å²) in [6.45, 7) is 6.05. The van der Waals surface area contributed by atoms with E-state index in [1.807, 2.05) is 96.6 Å². The first kappa shape index (κ1) is 28.5. The van der Waals surface area contributed by atoms with Gasteiger partial charge >= 0.3 is 0 Å². The highest BCUT2D eigenvalue weighted by Crippen LogP contribution is 2.26. The molecule has 0 aliphatic carbocycles. The molecule has 41 heavy (non-hydrogen) atoms. The maximum Gasteiger partial charge on any atom is 0.246 e. The van der Waals surface area contributed by atoms with E-state index in [9.17, 15) is 9.59 Å². The van der Waals surface area contributed by atoms with E-state index in [0.29, 0.717) is 43.0 Å². The third kappa shape index (κ3) is 7.82. The average molecular weight is 572 g/mol. The summed E-state index contributed by atoms with van der Waals surface area (Å²) in [7, 11) is 0. The van der Waals surface area contributed by atoms with Gasteiger partial charge in [-0.25, -0.2) is 4.98 Å². The Balaban J connectivity index is 1.35. The molecule has 0 spiro atoms. The lowest BCUT2D eigenvalue weighted by molar-refractivity contribution is -0.134. The van der Waals surface area contributed by atoms with Gasteiger partial charge in [-0.05, 0) is 36.8 Å². The molecule has 1 aromatic heterocycles. The molecule has 0 atom stereocenters. The van der Waals surface area contributed by atoms with E-state index in [4.69, 9.17) is 21.3 Å². The number of morpholine rings is 1. The highest BCUT2D eigenvalue weighted by molar-refractivity contribution is 6.30. The van der Waals surface area contributed by atoms with E-state index in [-0.39, 0.29) is 24.8 Å². The van der Waals surface area contributed by atoms with Crippen molar-refractivity contribution in [2.75, 3.05) is 51.3 Å². The number of carbonyl (C=O) groups is 2. The molecule has 4 aromatic rings. The topological polar surface area (TPSA) is 79.7 Å². The van der Waals surface area contributed by atoms with Gasteiger partial charge in [0.05, 0.1) is 31.9 Å². The number of aryl methyl sites for hydroxylation is 1. The van der Waals surface area contributed by atoms with Crippen LogP contribution in [-0.2, 0) is 20.7 Å². The van der Waals surface area contributed by atoms with Crippen molar-refractivity contribution < 1.29 is 14.3 Å². The van der Waals surface area contributed by atoms with Gasteiger partial charge in [-0.3, -0.25) is 24.4 Å². The Kier molecular flexibility index (Phi) is 9.46. The summed E-state index contributed by atoms with van der Waals surface area (Å²) in [6.07, 6.45) is 2.12. The number of benzene rings is 3. The van der Waals surface area contributed by atoms with Gasteiger partial charge in [-0.15, -0.1) is 0 Å². The summed E-state index contributed by atoms with van der Waals surface area (Å²) in [6, 6.07) is 25.0. The van der Waals surface area contributed by atoms with Crippen molar-refractivity contribution in [1.82, 2.24) is 19.4 Å². The number of aromatic nitrogens is 2. The van der Waals surface area contributed by atoms with Gasteiger partial charge in [0.25, 0.3) is 0 Å². The molecule has 1 aliphatic heterocycles. The highest BCUT2D eigenvalue weighted by atomic mass is 35.5. The monoisotopic (exact) mass is 571 g/mol. The lowest BCUT2D eigenvalue weighted by Crippen LogP contribution is -2.45. The Morgan fingerprint density at radius 1 is 0.976 bits per heavy atom. The largest absolute Gasteiger partial charge is 0.379 e. The lowest BCUT2D eigenvalue weighted by Gasteiger charge is -2.30. The number of amides is 2. The summed E-state index contributed by atoms with van der Waals surface area (Å²) < 4.78 is 7.31. The van der Waals surface area contributed by atoms with Gasteiger partial charge in [0, 0.05) is 48.6 Å². The van der Waals surface area contributed by atoms with Gasteiger partial charge in [0.2, 0.25) is 17.8 Å². The number of nitrogens with zero attached hydrogens (tertiary/aromatic N) is 4. The minimum atomic E-state index is -0.310. The third-order valence-electron chi connectivity index (χ3n) is 7.08. The normalized spacial score (nSPS) is 13.6. The second kappa shape index (κ2) is 13.6. The number of imidazole rings is 1. The fraction of sp³-hybridized carbons (Fsp3) is 0.281. The molecule has 3 aromatic carbocycles. The Bertz CT molecular complexity index is 1450. The molecule has 212 valence electrons. The standard InChI is InChI=1S/C32H34ClN5O3/c1-24-7-13-28(14-8-24)38-22-29(26-9-11-27(33)12-10-26)34-32(38)35-30(39)23-37(16-15-36-17-19-41-20-18-36)31(40)21-25-5-3-2-4-6-25/h2-14,22H,15-21,23H2,1H3,(H,34,35,39). The smallest absolute Gasteiger partial charge is 0.246 e. The number of anilines is 1. The van der Waals surface area contributed by atoms with Crippen molar-refractivity contribution in [3.05, 3.63) is 101 Å². The van der Waals surface area contributed by atoms with Crippen LogP contribution in [0.15, 0.2) is 85.1 Å². The second-order valence-electron chi connectivity index (χ2n) is 10.1. The van der Waals surface area contributed by atoms with E-state index in [0.717, 1.165) is 35.5 Å². The molecule has 1 aliphatic rings. The first-order chi connectivity index (χ1) is 19.9. The van der Waals surface area contributed by atoms with Crippen molar-refractivity contribution in [3.8, 4) is 16.9 Å². The molecule has 0 unspecified atom stereocenters. The Hall–Kier alpha value is -3.98. The van der Waals surface area contributed by atoms with Crippen molar-refractivity contribution in [3.63, 3.8) is 0 Å². The Morgan fingerprint density at radius 2 is 1.68 bits per heavy atom. The summed E-state index contributed by atoms with van der Waals surface area (Å²) >= 11 is 6.09. The maximum atomic E-state index is 13.4. The molecule has 5 rings (SSSR count). The number of ether oxygens (including phenoxy) is 1. The lowest BCUT2D eigenvalue weighted by atomic mass is 10.1. The van der Waals surface area contributed by atoms with Crippen LogP contribution in [0, 0.1) is 6.92 Å². The first-order valence-electron chi connectivity index (χ1n) is 13.8. The molecule has 2 heterocycles. The fourth-order valence-electron chi connectivity index (χ4n) is 4.73. The molecule has 1 N–H and O–H groups in total. The van der Waals surface area contributed by atoms with E-state index in [2.05, 4.69) is 10.2 Å². The molecule has 8 nitrogen and oxygen atoms in total. The van der Waals surface area contributed by atoms with Crippen LogP contribution in [0.2, 0.25) is 5.02 Å². The van der Waals surface area contributed by atoms with Crippen LogP contribution in [0.25, 0.3) is 16.9 Å². The molecule has 2 amide bonds. The number of nitrogens with one attached hydrogen (secondary N) is 1. The number of carbonyl (C=O) groups excluding carboxylic acids is 2. The highest BCUT2D eigenvalue weighted by Gasteiger charge is 2.21. The van der Waals surface area contributed by atoms with E-state index in [1.54, 1.807) is 4.90 Å². The second-order valence-corrected chi connectivity index (χ2v) is 10.6. The summed E-state index contributed by atoms with van der Waals surface area (Å²) in [4.78, 5) is 35.5. The number of hydrogen-bond donors (Lipinski definition) is 1. The van der Waals surface area contributed by atoms with Crippen LogP contribution in [0.5, 0.6) is 0 Å². The van der Waals surface area contributed by atoms with E-state index in [1.165, 1.54) is 0 Å². The fourth-order valence-corrected chi connectivity index (χ4v) is 4.86. The third-order valence-corrected chi connectivity index (χ3v) is 7.34. The van der Waals surface area contributed by atoms with Crippen molar-refractivity contribution in [2.24, 2.45) is 0 Å². The number of halogens is 1. The van der Waals surface area contributed by atoms with Crippen LogP contribution in [0.4, 0.5) is 5.95 Å². The molecular formula is C32H34ClN5O3. The molecular weight excluding hydrogens is 538 g/mol. The predicted molar refractivity (Wildman–Crippen MR) is 161 cm³/mol. The summed E-state index contributed by atoms with van der Waals surface area (Å²) in [5.41, 5.74) is 4.48. The van der Waals surface area contributed by atoms with Gasteiger partial charge in [-0.1, -0.05) is 71.8 Å². The zero-order valence-corrected chi connectivity index (χ0v) is 23.9. The van der Waals surface area contributed by atoms with Crippen molar-refractivity contribution in [2.45, 2.75) is 13.3 Å². The zero-order valence-electron chi connectivity index (χ0n) is 23.1. The van der Waals surface area contributed by atoms with Crippen LogP contribution in [-0.4, -0.2) is 77.1 Å². The molecule has 0 bridgehead atoms. The van der Waals surface area contributed by atoms with Gasteiger partial charge in [-0.2, -0.15) is 0 Å². The molecule has 1 fully saturated rings. The minimum Gasteiger partial charge on any atom is -0.379 e. The Labute approximate surface area is 245 Å². The van der Waals surface area contributed by atoms with Crippen molar-refractivity contribution in [1.29, 1.82) is 0 Å². The van der Waals surface area contributed by atoms with Gasteiger partial charge in [0.15, 0.2) is 0 Å². The molecule has 0 radical (unpaired) electrons. The first-order valence-corrected chi connectivity index (χ1v) is 14.2. The van der Waals surface area contributed by atoms with Crippen molar-refractivity contribution >= 4 is 29.4 Å². The summed E-state index contributed by atoms with van der Waals surface area (Å²) in [5.74, 6) is -0.0224. The molecule has 9 heteroatoms. The SMILES string of the molecule is Cc1ccc(-n2cc(-c3ccc(Cl)cc3)nc2NC(=O)CN(CCN2CCOCC2)C(=O)Cc2ccccc2)cc1. The average Bonchev–Trinajstić information content (AvgIpc) is 3.40. The van der Waals surface area contributed by atoms with Gasteiger partial charge < -0.3 is 9.64 Å². The summed E-state index contributed by atoms with van der Waals surface area (Å²) in [5, 5.41) is 3.61. The number of rotatable bonds is 10. The van der Waals surface area contributed by atoms with E-state index < -0.39 is 0 Å². The maximum absolute atomic E-state index is 13.4. The van der Waals surface area contributed by atoms with E-state index >= 15 is 0 Å². The quantitative estimate of drug-likeness (QED) is 0.295. The Morgan fingerprint density at radius 3 is 2.39 bits per heavy atom. The predicted octanol–water partition coefficient (Wildman–Crippen LogP) is 4.84. The zero-order chi connectivity index (χ0) is 28.6. The van der Waals surface area contributed by atoms with Crippen LogP contribution >= 0.6 is 11.6 Å². The number of hydrogen-bond acceptors (Lipinski definition) is 5. The molecule has 0 saturated carbocycles. The van der Waals surface area contributed by atoms with Crippen LogP contribution < -0.4 is 5.32 Å². The van der Waals surface area contributed by atoms with Crippen LogP contribution in [0.3, 0.4) is 0 Å². The van der Waals surface area contributed by atoms with Crippen LogP contribution in [0.1, 0.15) is 11.1 Å². The molecule has 1 saturated heterocycles. The van der Waals surface area contributed by atoms with Gasteiger partial charge in [0.1, 0.15) is 0 Å². The minimum absolute atomic E-state index is 0.0763.